The van der Waals surface area contributed by atoms with Gasteiger partial charge in [0.05, 0.1) is 11.9 Å². The van der Waals surface area contributed by atoms with Crippen LogP contribution in [-0.2, 0) is 15.5 Å². The van der Waals surface area contributed by atoms with Crippen molar-refractivity contribution in [1.29, 1.82) is 0 Å². The summed E-state index contributed by atoms with van der Waals surface area (Å²) in [5.41, 5.74) is 0.266. The minimum atomic E-state index is -1.61. The van der Waals surface area contributed by atoms with E-state index in [2.05, 4.69) is 27.7 Å². The van der Waals surface area contributed by atoms with E-state index >= 15 is 0 Å². The van der Waals surface area contributed by atoms with Crippen LogP contribution in [0.25, 0.3) is 0 Å². The normalized spacial score (nSPS) is 17.2. The van der Waals surface area contributed by atoms with Crippen molar-refractivity contribution in [3.05, 3.63) is 12.2 Å². The molecule has 3 atom stereocenters. The molecule has 0 aliphatic rings. The zero-order chi connectivity index (χ0) is 15.9. The molecule has 0 aliphatic heterocycles. The van der Waals surface area contributed by atoms with E-state index in [-0.39, 0.29) is 16.6 Å². The molecular weight excluding hydrogens is 272 g/mol. The molecule has 0 N–H and O–H groups in total. The highest BCUT2D eigenvalue weighted by Crippen LogP contribution is 2.25. The molecule has 3 unspecified atom stereocenters. The Hall–Kier alpha value is -0.640. The van der Waals surface area contributed by atoms with Crippen LogP contribution in [0.2, 0.25) is 0 Å². The van der Waals surface area contributed by atoms with Gasteiger partial charge in [0, 0.05) is 0 Å². The Kier molecular flexibility index (Phi) is 8.33. The summed E-state index contributed by atoms with van der Waals surface area (Å²) >= 11 is 0. The van der Waals surface area contributed by atoms with E-state index in [9.17, 15) is 9.00 Å². The summed E-state index contributed by atoms with van der Waals surface area (Å²) in [6.07, 6.45) is 4.97. The van der Waals surface area contributed by atoms with Gasteiger partial charge in [-0.25, -0.2) is 9.00 Å². The maximum atomic E-state index is 11.9. The van der Waals surface area contributed by atoms with Crippen LogP contribution >= 0.6 is 0 Å². The van der Waals surface area contributed by atoms with Gasteiger partial charge >= 0.3 is 5.30 Å². The van der Waals surface area contributed by atoms with Gasteiger partial charge in [-0.05, 0) is 30.6 Å². The van der Waals surface area contributed by atoms with E-state index in [1.165, 1.54) is 0 Å². The third-order valence-corrected chi connectivity index (χ3v) is 3.96. The van der Waals surface area contributed by atoms with Crippen LogP contribution in [0.15, 0.2) is 12.2 Å². The number of ether oxygens (including phenoxy) is 1. The van der Waals surface area contributed by atoms with E-state index in [4.69, 9.17) is 4.74 Å². The lowest BCUT2D eigenvalue weighted by atomic mass is 9.85. The van der Waals surface area contributed by atoms with Gasteiger partial charge in [0.15, 0.2) is 0 Å². The Morgan fingerprint density at radius 2 is 1.70 bits per heavy atom. The lowest BCUT2D eigenvalue weighted by Gasteiger charge is -2.21. The Balaban J connectivity index is 4.34. The fourth-order valence-corrected chi connectivity index (χ4v) is 2.62. The fraction of sp³-hybridized carbons (Fsp3) is 0.812. The molecule has 0 aliphatic carbocycles. The van der Waals surface area contributed by atoms with Crippen molar-refractivity contribution in [2.24, 2.45) is 17.3 Å². The second-order valence-corrected chi connectivity index (χ2v) is 8.76. The van der Waals surface area contributed by atoms with Crippen LogP contribution in [-0.4, -0.2) is 21.4 Å². The number of hydrogen-bond donors (Lipinski definition) is 0. The zero-order valence-corrected chi connectivity index (χ0v) is 14.8. The van der Waals surface area contributed by atoms with Gasteiger partial charge in [0.1, 0.15) is 10.8 Å². The van der Waals surface area contributed by atoms with Crippen molar-refractivity contribution in [1.82, 2.24) is 0 Å². The summed E-state index contributed by atoms with van der Waals surface area (Å²) < 4.78 is 16.9. The summed E-state index contributed by atoms with van der Waals surface area (Å²) in [5.74, 6) is 0.662. The maximum absolute atomic E-state index is 11.9. The molecule has 0 bridgehead atoms. The van der Waals surface area contributed by atoms with E-state index in [0.717, 1.165) is 6.42 Å². The Bertz CT molecular complexity index is 353. The Labute approximate surface area is 126 Å². The SMILES string of the molecule is CC(C)COC(=O)S(=O)C(C)/C=C\C(C)CC(C)(C)C. The molecule has 0 amide bonds. The summed E-state index contributed by atoms with van der Waals surface area (Å²) in [4.78, 5) is 11.6. The summed E-state index contributed by atoms with van der Waals surface area (Å²) in [6, 6.07) is 0. The fourth-order valence-electron chi connectivity index (χ4n) is 1.90. The van der Waals surface area contributed by atoms with Gasteiger partial charge in [0.25, 0.3) is 0 Å². The van der Waals surface area contributed by atoms with Crippen LogP contribution < -0.4 is 0 Å². The highest BCUT2D eigenvalue weighted by Gasteiger charge is 2.20. The minimum absolute atomic E-state index is 0.258. The highest BCUT2D eigenvalue weighted by atomic mass is 32.2. The maximum Gasteiger partial charge on any atom is 0.398 e. The lowest BCUT2D eigenvalue weighted by Crippen LogP contribution is -2.20. The molecule has 0 fully saturated rings. The monoisotopic (exact) mass is 302 g/mol. The van der Waals surface area contributed by atoms with Crippen LogP contribution in [0.5, 0.6) is 0 Å². The zero-order valence-electron chi connectivity index (χ0n) is 13.9. The topological polar surface area (TPSA) is 43.4 Å². The minimum Gasteiger partial charge on any atom is -0.456 e. The second kappa shape index (κ2) is 8.60. The van der Waals surface area contributed by atoms with E-state index in [1.54, 1.807) is 6.92 Å². The van der Waals surface area contributed by atoms with Crippen LogP contribution in [0.1, 0.15) is 54.9 Å². The van der Waals surface area contributed by atoms with Crippen LogP contribution in [0.3, 0.4) is 0 Å². The van der Waals surface area contributed by atoms with Crippen LogP contribution in [0.4, 0.5) is 4.79 Å². The van der Waals surface area contributed by atoms with Gasteiger partial charge < -0.3 is 4.74 Å². The largest absolute Gasteiger partial charge is 0.456 e. The molecule has 0 aromatic carbocycles. The smallest absolute Gasteiger partial charge is 0.398 e. The summed E-state index contributed by atoms with van der Waals surface area (Å²) in [6.45, 7) is 14.7. The standard InChI is InChI=1S/C16H30O3S/c1-12(2)11-19-15(17)20(18)14(4)9-8-13(3)10-16(5,6)7/h8-9,12-14H,10-11H2,1-7H3/b9-8-. The van der Waals surface area contributed by atoms with Crippen molar-refractivity contribution < 1.29 is 13.7 Å². The van der Waals surface area contributed by atoms with Gasteiger partial charge in [-0.2, -0.15) is 0 Å². The van der Waals surface area contributed by atoms with Crippen molar-refractivity contribution in [2.75, 3.05) is 6.61 Å². The average molecular weight is 302 g/mol. The first kappa shape index (κ1) is 19.4. The number of carbonyl (C=O) groups excluding carboxylic acids is 1. The third-order valence-electron chi connectivity index (χ3n) is 2.68. The van der Waals surface area contributed by atoms with Crippen molar-refractivity contribution in [2.45, 2.75) is 60.1 Å². The molecule has 4 heteroatoms. The molecule has 0 saturated carbocycles. The number of hydrogen-bond acceptors (Lipinski definition) is 3. The summed E-state index contributed by atoms with van der Waals surface area (Å²) in [7, 11) is -1.61. The molecule has 3 nitrogen and oxygen atoms in total. The first-order chi connectivity index (χ1) is 9.03. The van der Waals surface area contributed by atoms with Crippen LogP contribution in [0, 0.1) is 17.3 Å². The molecule has 0 heterocycles. The molecule has 0 spiro atoms. The Morgan fingerprint density at radius 3 is 2.15 bits per heavy atom. The van der Waals surface area contributed by atoms with Gasteiger partial charge in [-0.15, -0.1) is 0 Å². The number of rotatable bonds is 6. The van der Waals surface area contributed by atoms with Crippen molar-refractivity contribution >= 4 is 16.1 Å². The van der Waals surface area contributed by atoms with E-state index in [1.807, 2.05) is 26.0 Å². The number of allylic oxidation sites excluding steroid dienone is 1. The highest BCUT2D eigenvalue weighted by molar-refractivity contribution is 8.00. The Morgan fingerprint density at radius 1 is 1.15 bits per heavy atom. The van der Waals surface area contributed by atoms with Gasteiger partial charge in [-0.1, -0.05) is 53.7 Å². The molecule has 118 valence electrons. The van der Waals surface area contributed by atoms with Gasteiger partial charge in [-0.3, -0.25) is 0 Å². The third kappa shape index (κ3) is 9.29. The molecule has 20 heavy (non-hydrogen) atoms. The molecule has 0 saturated heterocycles. The summed E-state index contributed by atoms with van der Waals surface area (Å²) in [5, 5.41) is -0.920. The van der Waals surface area contributed by atoms with Crippen molar-refractivity contribution in [3.8, 4) is 0 Å². The molecule has 0 aromatic heterocycles. The molecule has 0 radical (unpaired) electrons. The van der Waals surface area contributed by atoms with Gasteiger partial charge in [0.2, 0.25) is 0 Å². The van der Waals surface area contributed by atoms with E-state index in [0.29, 0.717) is 12.5 Å². The predicted molar refractivity (Wildman–Crippen MR) is 86.2 cm³/mol. The van der Waals surface area contributed by atoms with Crippen molar-refractivity contribution in [3.63, 3.8) is 0 Å². The average Bonchev–Trinajstić information content (AvgIpc) is 2.29. The quantitative estimate of drug-likeness (QED) is 0.534. The lowest BCUT2D eigenvalue weighted by molar-refractivity contribution is 0.159. The first-order valence-corrected chi connectivity index (χ1v) is 8.50. The van der Waals surface area contributed by atoms with E-state index < -0.39 is 16.1 Å². The second-order valence-electron chi connectivity index (χ2n) is 7.08. The molecule has 0 rings (SSSR count). The predicted octanol–water partition coefficient (Wildman–Crippen LogP) is 4.54. The number of carbonyl (C=O) groups is 1. The first-order valence-electron chi connectivity index (χ1n) is 7.28. The molecule has 0 aromatic rings. The molecular formula is C16H30O3S.